The molecule has 2 aromatic rings. The minimum atomic E-state index is -1.56. The Bertz CT molecular complexity index is 1020. The first kappa shape index (κ1) is 22.5. The normalized spacial score (nSPS) is 26.8. The molecule has 2 aliphatic heterocycles. The van der Waals surface area contributed by atoms with Gasteiger partial charge in [0.25, 0.3) is 0 Å². The van der Waals surface area contributed by atoms with Crippen molar-refractivity contribution in [2.75, 3.05) is 38.2 Å². The molecule has 5 rings (SSSR count). The second-order valence-electron chi connectivity index (χ2n) is 10.2. The summed E-state index contributed by atoms with van der Waals surface area (Å²) in [6.45, 7) is 1.54. The quantitative estimate of drug-likeness (QED) is 0.473. The fourth-order valence-corrected chi connectivity index (χ4v) is 5.63. The summed E-state index contributed by atoms with van der Waals surface area (Å²) in [6, 6.07) is 8.28. The standard InChI is InChI=1S/C28H39ClN4O2/c29-26-19-31-23(15-20-6-8-22(9-7-20)30-18-24-3-2-12-35-24)16-25(26)27-4-1-5-28(33-27)32-17-21-10-13-34-14-11-21/h1,4-5,16,19-22,24,30H,2-3,6-15,17-18H2,(H,32,33)/t20?,22?,24-/m0/s1/i17D2. The fourth-order valence-electron chi connectivity index (χ4n) is 5.43. The second-order valence-corrected chi connectivity index (χ2v) is 10.6. The second kappa shape index (κ2) is 12.5. The molecule has 35 heavy (non-hydrogen) atoms. The van der Waals surface area contributed by atoms with E-state index in [1.54, 1.807) is 6.20 Å². The number of anilines is 1. The van der Waals surface area contributed by atoms with Crippen LogP contribution in [0.3, 0.4) is 0 Å². The highest BCUT2D eigenvalue weighted by Crippen LogP contribution is 2.31. The minimum absolute atomic E-state index is 0.107. The molecule has 2 saturated heterocycles. The van der Waals surface area contributed by atoms with E-state index in [-0.39, 0.29) is 5.92 Å². The number of rotatable bonds is 9. The maximum atomic E-state index is 8.55. The topological polar surface area (TPSA) is 68.3 Å². The zero-order valence-corrected chi connectivity index (χ0v) is 21.2. The molecule has 4 heterocycles. The lowest BCUT2D eigenvalue weighted by atomic mass is 9.83. The maximum Gasteiger partial charge on any atom is 0.126 e. The van der Waals surface area contributed by atoms with E-state index in [9.17, 15) is 0 Å². The van der Waals surface area contributed by atoms with Crippen molar-refractivity contribution in [2.45, 2.75) is 69.9 Å². The van der Waals surface area contributed by atoms with Gasteiger partial charge in [0.05, 0.1) is 16.8 Å². The molecule has 3 aliphatic rings. The van der Waals surface area contributed by atoms with Crippen LogP contribution in [0.25, 0.3) is 11.3 Å². The van der Waals surface area contributed by atoms with Crippen molar-refractivity contribution < 1.29 is 12.2 Å². The number of ether oxygens (including phenoxy) is 2. The smallest absolute Gasteiger partial charge is 0.126 e. The molecule has 7 heteroatoms. The molecule has 0 bridgehead atoms. The van der Waals surface area contributed by atoms with Crippen molar-refractivity contribution in [1.29, 1.82) is 0 Å². The SMILES string of the molecule is [2H]C([2H])(Nc1cccc(-c2cc(CC3CCC(NC[C@@H]4CCCO4)CC3)ncc2Cl)n1)C1CCOCC1. The van der Waals surface area contributed by atoms with Crippen LogP contribution in [0, 0.1) is 11.8 Å². The number of halogens is 1. The molecule has 1 atom stereocenters. The molecule has 0 amide bonds. The predicted octanol–water partition coefficient (Wildman–Crippen LogP) is 5.51. The summed E-state index contributed by atoms with van der Waals surface area (Å²) in [4.78, 5) is 9.35. The van der Waals surface area contributed by atoms with E-state index in [4.69, 9.17) is 28.8 Å². The van der Waals surface area contributed by atoms with Gasteiger partial charge in [-0.05, 0) is 87.8 Å². The van der Waals surface area contributed by atoms with Gasteiger partial charge in [0, 0.05) is 59.1 Å². The molecule has 190 valence electrons. The van der Waals surface area contributed by atoms with Gasteiger partial charge in [-0.25, -0.2) is 4.98 Å². The van der Waals surface area contributed by atoms with E-state index < -0.39 is 6.50 Å². The van der Waals surface area contributed by atoms with E-state index in [1.807, 2.05) is 18.2 Å². The first-order chi connectivity index (χ1) is 18.0. The molecule has 1 aliphatic carbocycles. The summed E-state index contributed by atoms with van der Waals surface area (Å²) in [6.07, 6.45) is 11.6. The number of nitrogens with zero attached hydrogens (tertiary/aromatic N) is 2. The molecular formula is C28H39ClN4O2. The Hall–Kier alpha value is -1.73. The Kier molecular flexibility index (Phi) is 8.01. The lowest BCUT2D eigenvalue weighted by molar-refractivity contribution is 0.0699. The molecule has 0 spiro atoms. The van der Waals surface area contributed by atoms with Crippen LogP contribution in [0.15, 0.2) is 30.5 Å². The van der Waals surface area contributed by atoms with Gasteiger partial charge in [-0.15, -0.1) is 0 Å². The average Bonchev–Trinajstić information content (AvgIpc) is 3.44. The van der Waals surface area contributed by atoms with Crippen LogP contribution in [0.4, 0.5) is 5.82 Å². The van der Waals surface area contributed by atoms with Crippen LogP contribution < -0.4 is 10.6 Å². The minimum Gasteiger partial charge on any atom is -0.381 e. The lowest BCUT2D eigenvalue weighted by Crippen LogP contribution is -2.38. The molecule has 1 saturated carbocycles. The molecule has 0 unspecified atom stereocenters. The summed E-state index contributed by atoms with van der Waals surface area (Å²) in [5.41, 5.74) is 2.60. The van der Waals surface area contributed by atoms with Crippen molar-refractivity contribution in [1.82, 2.24) is 15.3 Å². The number of nitrogens with one attached hydrogen (secondary N) is 2. The number of pyridine rings is 2. The van der Waals surface area contributed by atoms with Gasteiger partial charge < -0.3 is 20.1 Å². The van der Waals surface area contributed by atoms with E-state index in [2.05, 4.69) is 21.7 Å². The largest absolute Gasteiger partial charge is 0.381 e. The highest BCUT2D eigenvalue weighted by molar-refractivity contribution is 6.33. The average molecular weight is 501 g/mol. The Morgan fingerprint density at radius 1 is 1.03 bits per heavy atom. The van der Waals surface area contributed by atoms with Gasteiger partial charge in [-0.2, -0.15) is 0 Å². The summed E-state index contributed by atoms with van der Waals surface area (Å²) < 4.78 is 28.2. The molecular weight excluding hydrogens is 460 g/mol. The summed E-state index contributed by atoms with van der Waals surface area (Å²) in [5, 5.41) is 7.31. The fraction of sp³-hybridized carbons (Fsp3) is 0.643. The maximum absolute atomic E-state index is 8.55. The third-order valence-corrected chi connectivity index (χ3v) is 7.87. The Morgan fingerprint density at radius 2 is 1.89 bits per heavy atom. The van der Waals surface area contributed by atoms with Gasteiger partial charge in [0.15, 0.2) is 0 Å². The number of hydrogen-bond donors (Lipinski definition) is 2. The number of hydrogen-bond acceptors (Lipinski definition) is 6. The van der Waals surface area contributed by atoms with Gasteiger partial charge in [0.1, 0.15) is 5.82 Å². The first-order valence-corrected chi connectivity index (χ1v) is 13.7. The van der Waals surface area contributed by atoms with Crippen LogP contribution in [-0.2, 0) is 15.9 Å². The summed E-state index contributed by atoms with van der Waals surface area (Å²) in [7, 11) is 0. The van der Waals surface area contributed by atoms with Gasteiger partial charge in [-0.1, -0.05) is 17.7 Å². The Morgan fingerprint density at radius 3 is 2.69 bits per heavy atom. The number of aromatic nitrogens is 2. The molecule has 0 aromatic carbocycles. The molecule has 0 radical (unpaired) electrons. The van der Waals surface area contributed by atoms with Crippen LogP contribution in [0.1, 0.15) is 59.8 Å². The van der Waals surface area contributed by atoms with Crippen molar-refractivity contribution in [3.63, 3.8) is 0 Å². The van der Waals surface area contributed by atoms with E-state index in [0.717, 1.165) is 36.5 Å². The molecule has 2 aromatic heterocycles. The Balaban J connectivity index is 1.19. The first-order valence-electron chi connectivity index (χ1n) is 14.3. The highest BCUT2D eigenvalue weighted by atomic mass is 35.5. The van der Waals surface area contributed by atoms with E-state index >= 15 is 0 Å². The molecule has 2 N–H and O–H groups in total. The van der Waals surface area contributed by atoms with Gasteiger partial charge in [0.2, 0.25) is 0 Å². The van der Waals surface area contributed by atoms with Crippen molar-refractivity contribution in [3.8, 4) is 11.3 Å². The third-order valence-electron chi connectivity index (χ3n) is 7.57. The van der Waals surface area contributed by atoms with Crippen molar-refractivity contribution >= 4 is 17.4 Å². The summed E-state index contributed by atoms with van der Waals surface area (Å²) >= 11 is 6.56. The lowest BCUT2D eigenvalue weighted by Gasteiger charge is -2.30. The Labute approximate surface area is 217 Å². The van der Waals surface area contributed by atoms with Crippen LogP contribution in [-0.4, -0.2) is 55.0 Å². The summed E-state index contributed by atoms with van der Waals surface area (Å²) in [5.74, 6) is 1.02. The van der Waals surface area contributed by atoms with Crippen molar-refractivity contribution in [3.05, 3.63) is 41.2 Å². The van der Waals surface area contributed by atoms with Crippen molar-refractivity contribution in [2.24, 2.45) is 11.8 Å². The third kappa shape index (κ3) is 7.16. The molecule has 6 nitrogen and oxygen atoms in total. The van der Waals surface area contributed by atoms with Crippen LogP contribution in [0.2, 0.25) is 5.02 Å². The van der Waals surface area contributed by atoms with Crippen LogP contribution >= 0.6 is 11.6 Å². The van der Waals surface area contributed by atoms with E-state index in [0.29, 0.717) is 55.0 Å². The highest BCUT2D eigenvalue weighted by Gasteiger charge is 2.24. The monoisotopic (exact) mass is 500 g/mol. The predicted molar refractivity (Wildman–Crippen MR) is 141 cm³/mol. The zero-order valence-electron chi connectivity index (χ0n) is 22.5. The van der Waals surface area contributed by atoms with Gasteiger partial charge >= 0.3 is 0 Å². The van der Waals surface area contributed by atoms with E-state index in [1.165, 1.54) is 38.5 Å². The zero-order chi connectivity index (χ0) is 25.7. The van der Waals surface area contributed by atoms with Crippen LogP contribution in [0.5, 0.6) is 0 Å². The van der Waals surface area contributed by atoms with Gasteiger partial charge in [-0.3, -0.25) is 4.98 Å². The molecule has 3 fully saturated rings.